The van der Waals surface area contributed by atoms with Gasteiger partial charge in [-0.05, 0) is 22.9 Å². The molecule has 1 N–H and O–H groups in total. The summed E-state index contributed by atoms with van der Waals surface area (Å²) in [6, 6.07) is 0. The van der Waals surface area contributed by atoms with Gasteiger partial charge in [0.05, 0.1) is 17.8 Å². The van der Waals surface area contributed by atoms with Gasteiger partial charge in [-0.2, -0.15) is 0 Å². The van der Waals surface area contributed by atoms with Crippen molar-refractivity contribution >= 4 is 42.2 Å². The van der Waals surface area contributed by atoms with Gasteiger partial charge in [-0.1, -0.05) is 35.9 Å². The summed E-state index contributed by atoms with van der Waals surface area (Å²) in [7, 11) is 0. The second-order valence-electron chi connectivity index (χ2n) is 2.21. The first-order chi connectivity index (χ1) is 7.22. The van der Waals surface area contributed by atoms with Gasteiger partial charge in [0.15, 0.2) is 0 Å². The Balaban J connectivity index is 0. The molecule has 0 rings (SSSR count). The van der Waals surface area contributed by atoms with Crippen LogP contribution in [0.3, 0.4) is 0 Å². The third-order valence-electron chi connectivity index (χ3n) is 1.21. The van der Waals surface area contributed by atoms with Gasteiger partial charge in [-0.3, -0.25) is 15.3 Å². The molecular formula is C10H19Br2N3. The van der Waals surface area contributed by atoms with Crippen LogP contribution < -0.4 is 5.32 Å². The number of aliphatic imine (C=N–C) groups is 2. The fourth-order valence-corrected chi connectivity index (χ4v) is 1.41. The highest BCUT2D eigenvalue weighted by molar-refractivity contribution is 9.19. The van der Waals surface area contributed by atoms with E-state index in [9.17, 15) is 0 Å². The molecule has 5 heteroatoms. The Bertz CT molecular complexity index is 213. The van der Waals surface area contributed by atoms with Crippen molar-refractivity contribution in [3.05, 3.63) is 12.7 Å². The molecule has 0 aromatic carbocycles. The molecular weight excluding hydrogens is 322 g/mol. The van der Waals surface area contributed by atoms with Gasteiger partial charge >= 0.3 is 0 Å². The van der Waals surface area contributed by atoms with Crippen LogP contribution in [-0.4, -0.2) is 29.0 Å². The largest absolute Gasteiger partial charge is 0.295 e. The molecule has 0 fully saturated rings. The van der Waals surface area contributed by atoms with Gasteiger partial charge in [-0.15, -0.1) is 6.58 Å². The normalized spacial score (nSPS) is 11.8. The molecule has 0 heterocycles. The van der Waals surface area contributed by atoms with Crippen LogP contribution in [0.1, 0.15) is 20.8 Å². The SMILES string of the molecule is C=CCNC/N=C(C)\C(Br)=N/CBr.CC. The molecule has 15 heavy (non-hydrogen) atoms. The van der Waals surface area contributed by atoms with Crippen molar-refractivity contribution < 1.29 is 0 Å². The van der Waals surface area contributed by atoms with Crippen LogP contribution in [0.5, 0.6) is 0 Å². The molecule has 0 saturated heterocycles. The minimum Gasteiger partial charge on any atom is -0.295 e. The van der Waals surface area contributed by atoms with Crippen molar-refractivity contribution in [3.63, 3.8) is 0 Å². The maximum atomic E-state index is 4.24. The number of nitrogens with one attached hydrogen (secondary N) is 1. The molecule has 0 atom stereocenters. The van der Waals surface area contributed by atoms with Crippen molar-refractivity contribution in [1.82, 2.24) is 5.32 Å². The Morgan fingerprint density at radius 1 is 1.40 bits per heavy atom. The second-order valence-corrected chi connectivity index (χ2v) is 3.47. The van der Waals surface area contributed by atoms with Crippen LogP contribution in [0.2, 0.25) is 0 Å². The molecule has 3 nitrogen and oxygen atoms in total. The summed E-state index contributed by atoms with van der Waals surface area (Å²) in [4.78, 5) is 8.33. The summed E-state index contributed by atoms with van der Waals surface area (Å²) in [5.74, 6) is 0. The molecule has 0 aliphatic heterocycles. The quantitative estimate of drug-likeness (QED) is 0.260. The third-order valence-corrected chi connectivity index (χ3v) is 2.29. The molecule has 0 bridgehead atoms. The van der Waals surface area contributed by atoms with Gasteiger partial charge in [0.1, 0.15) is 4.62 Å². The lowest BCUT2D eigenvalue weighted by molar-refractivity contribution is 0.779. The zero-order chi connectivity index (χ0) is 12.1. The first-order valence-electron chi connectivity index (χ1n) is 4.81. The number of hydrogen-bond acceptors (Lipinski definition) is 3. The summed E-state index contributed by atoms with van der Waals surface area (Å²) < 4.78 is 0.782. The lowest BCUT2D eigenvalue weighted by Crippen LogP contribution is -2.15. The Kier molecular flexibility index (Phi) is 16.2. The van der Waals surface area contributed by atoms with E-state index in [1.807, 2.05) is 20.8 Å². The Morgan fingerprint density at radius 3 is 2.47 bits per heavy atom. The predicted octanol–water partition coefficient (Wildman–Crippen LogP) is 3.35. The average Bonchev–Trinajstić information content (AvgIpc) is 2.27. The Labute approximate surface area is 109 Å². The van der Waals surface area contributed by atoms with Gasteiger partial charge in [-0.25, -0.2) is 0 Å². The van der Waals surface area contributed by atoms with E-state index in [1.165, 1.54) is 0 Å². The molecule has 0 amide bonds. The van der Waals surface area contributed by atoms with E-state index in [4.69, 9.17) is 0 Å². The van der Waals surface area contributed by atoms with Gasteiger partial charge in [0.25, 0.3) is 0 Å². The standard InChI is InChI=1S/C8H13Br2N3.C2H6/c1-3-4-11-6-13-7(2)8(10)12-5-9;1-2/h3,11H,1,4-6H2,2H3;1-2H3/b12-8+,13-7-;. The smallest absolute Gasteiger partial charge is 0.122 e. The van der Waals surface area contributed by atoms with E-state index < -0.39 is 0 Å². The fraction of sp³-hybridized carbons (Fsp3) is 0.600. The van der Waals surface area contributed by atoms with Crippen molar-refractivity contribution in [3.8, 4) is 0 Å². The minimum atomic E-state index is 0.584. The number of halogens is 2. The van der Waals surface area contributed by atoms with Crippen molar-refractivity contribution in [1.29, 1.82) is 0 Å². The highest BCUT2D eigenvalue weighted by Crippen LogP contribution is 1.96. The summed E-state index contributed by atoms with van der Waals surface area (Å²) in [6.45, 7) is 10.9. The second kappa shape index (κ2) is 14.0. The lowest BCUT2D eigenvalue weighted by Gasteiger charge is -1.98. The third kappa shape index (κ3) is 11.9. The summed E-state index contributed by atoms with van der Waals surface area (Å²) in [6.07, 6.45) is 1.80. The van der Waals surface area contributed by atoms with Crippen LogP contribution in [0.25, 0.3) is 0 Å². The van der Waals surface area contributed by atoms with E-state index in [0.717, 1.165) is 16.9 Å². The molecule has 0 spiro atoms. The fourth-order valence-electron chi connectivity index (χ4n) is 0.573. The molecule has 0 aliphatic rings. The number of alkyl halides is 1. The van der Waals surface area contributed by atoms with Gasteiger partial charge in [0.2, 0.25) is 0 Å². The molecule has 0 saturated carbocycles. The van der Waals surface area contributed by atoms with E-state index in [0.29, 0.717) is 12.1 Å². The van der Waals surface area contributed by atoms with Crippen molar-refractivity contribution in [2.45, 2.75) is 20.8 Å². The zero-order valence-electron chi connectivity index (χ0n) is 9.56. The molecule has 0 unspecified atom stereocenters. The zero-order valence-corrected chi connectivity index (χ0v) is 12.7. The number of hydrogen-bond donors (Lipinski definition) is 1. The minimum absolute atomic E-state index is 0.584. The number of nitrogens with zero attached hydrogens (tertiary/aromatic N) is 2. The average molecular weight is 341 g/mol. The highest BCUT2D eigenvalue weighted by Gasteiger charge is 1.96. The Morgan fingerprint density at radius 2 is 2.00 bits per heavy atom. The van der Waals surface area contributed by atoms with Crippen molar-refractivity contribution in [2.75, 3.05) is 18.7 Å². The van der Waals surface area contributed by atoms with Crippen LogP contribution in [0, 0.1) is 0 Å². The van der Waals surface area contributed by atoms with Gasteiger partial charge < -0.3 is 0 Å². The number of rotatable bonds is 6. The van der Waals surface area contributed by atoms with Crippen LogP contribution in [-0.2, 0) is 0 Å². The first kappa shape index (κ1) is 17.4. The van der Waals surface area contributed by atoms with Crippen LogP contribution in [0.4, 0.5) is 0 Å². The van der Waals surface area contributed by atoms with E-state index in [-0.39, 0.29) is 0 Å². The molecule has 88 valence electrons. The molecule has 0 radical (unpaired) electrons. The van der Waals surface area contributed by atoms with E-state index >= 15 is 0 Å². The van der Waals surface area contributed by atoms with Crippen LogP contribution in [0.15, 0.2) is 22.6 Å². The molecule has 0 aliphatic carbocycles. The van der Waals surface area contributed by atoms with E-state index in [1.54, 1.807) is 6.08 Å². The Hall–Kier alpha value is -0.0000000000000000555. The topological polar surface area (TPSA) is 36.8 Å². The maximum Gasteiger partial charge on any atom is 0.122 e. The summed E-state index contributed by atoms with van der Waals surface area (Å²) in [5.41, 5.74) is 1.47. The summed E-state index contributed by atoms with van der Waals surface area (Å²) in [5, 5.41) is 3.07. The lowest BCUT2D eigenvalue weighted by atomic mass is 10.5. The first-order valence-corrected chi connectivity index (χ1v) is 6.72. The predicted molar refractivity (Wildman–Crippen MR) is 77.7 cm³/mol. The highest BCUT2D eigenvalue weighted by atomic mass is 79.9. The van der Waals surface area contributed by atoms with Gasteiger partial charge in [0, 0.05) is 6.54 Å². The molecule has 0 aromatic heterocycles. The van der Waals surface area contributed by atoms with E-state index in [2.05, 4.69) is 53.7 Å². The molecule has 0 aromatic rings. The van der Waals surface area contributed by atoms with Crippen LogP contribution >= 0.6 is 31.9 Å². The summed E-state index contributed by atoms with van der Waals surface area (Å²) >= 11 is 6.52. The maximum absolute atomic E-state index is 4.24. The van der Waals surface area contributed by atoms with Crippen molar-refractivity contribution in [2.24, 2.45) is 9.98 Å². The monoisotopic (exact) mass is 339 g/mol.